The molecule has 1 fully saturated rings. The van der Waals surface area contributed by atoms with Gasteiger partial charge >= 0.3 is 30.2 Å². The maximum absolute atomic E-state index is 13.3. The average Bonchev–Trinajstić information content (AvgIpc) is 2.66. The summed E-state index contributed by atoms with van der Waals surface area (Å²) in [6.45, 7) is -3.75. The van der Waals surface area contributed by atoms with Crippen LogP contribution in [-0.4, -0.2) is 43.4 Å². The van der Waals surface area contributed by atoms with Gasteiger partial charge in [-0.1, -0.05) is 0 Å². The molecule has 0 bridgehead atoms. The molecule has 0 aromatic heterocycles. The van der Waals surface area contributed by atoms with Crippen LogP contribution in [-0.2, 0) is 14.2 Å². The highest BCUT2D eigenvalue weighted by Crippen LogP contribution is 2.48. The van der Waals surface area contributed by atoms with Gasteiger partial charge in [0.15, 0.2) is 6.61 Å². The molecular formula is C9H5F9O4. The van der Waals surface area contributed by atoms with Gasteiger partial charge in [0, 0.05) is 0 Å². The van der Waals surface area contributed by atoms with Crippen molar-refractivity contribution in [3.05, 3.63) is 11.9 Å². The van der Waals surface area contributed by atoms with Crippen molar-refractivity contribution in [3.8, 4) is 0 Å². The van der Waals surface area contributed by atoms with Gasteiger partial charge in [-0.15, -0.1) is 0 Å². The van der Waals surface area contributed by atoms with Crippen LogP contribution >= 0.6 is 0 Å². The van der Waals surface area contributed by atoms with Crippen LogP contribution in [0.2, 0.25) is 0 Å². The van der Waals surface area contributed by atoms with Crippen molar-refractivity contribution in [1.82, 2.24) is 0 Å². The molecule has 1 heterocycles. The van der Waals surface area contributed by atoms with Crippen LogP contribution in [0, 0.1) is 0 Å². The predicted molar refractivity (Wildman–Crippen MR) is 47.4 cm³/mol. The maximum atomic E-state index is 13.3. The first-order chi connectivity index (χ1) is 9.70. The van der Waals surface area contributed by atoms with Crippen LogP contribution < -0.4 is 0 Å². The number of rotatable bonds is 4. The molecule has 13 heteroatoms. The fourth-order valence-electron chi connectivity index (χ4n) is 1.28. The van der Waals surface area contributed by atoms with E-state index < -0.39 is 55.3 Å². The van der Waals surface area contributed by atoms with E-state index in [2.05, 4.69) is 14.2 Å². The number of cyclic esters (lactones) is 2. The Labute approximate surface area is 115 Å². The Hall–Kier alpha value is -1.66. The summed E-state index contributed by atoms with van der Waals surface area (Å²) in [5, 5.41) is 0. The third kappa shape index (κ3) is 3.75. The van der Waals surface area contributed by atoms with Crippen molar-refractivity contribution >= 4 is 6.16 Å². The molecule has 0 N–H and O–H groups in total. The van der Waals surface area contributed by atoms with E-state index in [4.69, 9.17) is 0 Å². The molecule has 1 aliphatic heterocycles. The molecule has 0 aromatic rings. The van der Waals surface area contributed by atoms with E-state index >= 15 is 0 Å². The number of alkyl halides is 8. The second-order valence-corrected chi connectivity index (χ2v) is 3.89. The first-order valence-electron chi connectivity index (χ1n) is 5.08. The first kappa shape index (κ1) is 18.4. The first-order valence-corrected chi connectivity index (χ1v) is 5.08. The van der Waals surface area contributed by atoms with Gasteiger partial charge in [0.1, 0.15) is 12.4 Å². The molecule has 1 saturated heterocycles. The molecule has 0 amide bonds. The average molecular weight is 348 g/mol. The lowest BCUT2D eigenvalue weighted by atomic mass is 10.1. The highest BCUT2D eigenvalue weighted by atomic mass is 19.4. The van der Waals surface area contributed by atoms with Gasteiger partial charge in [-0.2, -0.15) is 35.1 Å². The molecule has 0 spiro atoms. The molecule has 1 aliphatic rings. The zero-order chi connectivity index (χ0) is 17.4. The van der Waals surface area contributed by atoms with E-state index in [1.807, 2.05) is 0 Å². The van der Waals surface area contributed by atoms with Crippen molar-refractivity contribution in [2.24, 2.45) is 0 Å². The minimum atomic E-state index is -6.30. The summed E-state index contributed by atoms with van der Waals surface area (Å²) in [6, 6.07) is 0. The molecular weight excluding hydrogens is 343 g/mol. The zero-order valence-electron chi connectivity index (χ0n) is 10.0. The normalized spacial score (nSPS) is 24.2. The lowest BCUT2D eigenvalue weighted by Gasteiger charge is -2.33. The number of carbonyl (C=O) groups excluding carboxylic acids is 1. The van der Waals surface area contributed by atoms with Crippen LogP contribution in [0.5, 0.6) is 0 Å². The van der Waals surface area contributed by atoms with Gasteiger partial charge in [0.2, 0.25) is 0 Å². The molecule has 0 aliphatic carbocycles. The number of ether oxygens (including phenoxy) is 3. The summed E-state index contributed by atoms with van der Waals surface area (Å²) in [4.78, 5) is 10.6. The highest BCUT2D eigenvalue weighted by molar-refractivity contribution is 5.62. The van der Waals surface area contributed by atoms with Gasteiger partial charge in [0.25, 0.3) is 0 Å². The lowest BCUT2D eigenvalue weighted by Crippen LogP contribution is -2.60. The number of allylic oxidation sites excluding steroid dienone is 1. The van der Waals surface area contributed by atoms with Crippen LogP contribution in [0.25, 0.3) is 0 Å². The second-order valence-electron chi connectivity index (χ2n) is 3.89. The summed E-state index contributed by atoms with van der Waals surface area (Å²) in [5.74, 6) is -12.2. The van der Waals surface area contributed by atoms with Gasteiger partial charge in [-0.3, -0.25) is 0 Å². The summed E-state index contributed by atoms with van der Waals surface area (Å²) in [7, 11) is 0. The summed E-state index contributed by atoms with van der Waals surface area (Å²) in [5.41, 5.74) is 0. The molecule has 22 heavy (non-hydrogen) atoms. The monoisotopic (exact) mass is 348 g/mol. The summed E-state index contributed by atoms with van der Waals surface area (Å²) < 4.78 is 123. The third-order valence-corrected chi connectivity index (χ3v) is 2.23. The van der Waals surface area contributed by atoms with Crippen LogP contribution in [0.15, 0.2) is 11.9 Å². The Kier molecular flexibility index (Phi) is 4.61. The quantitative estimate of drug-likeness (QED) is 0.576. The minimum absolute atomic E-state index is 1.02. The van der Waals surface area contributed by atoms with E-state index in [1.165, 1.54) is 0 Å². The van der Waals surface area contributed by atoms with E-state index in [9.17, 15) is 44.3 Å². The molecule has 1 rings (SSSR count). The standard InChI is InChI=1S/C9H5F9O4/c10-4(1-7(11,12)13)2-21-6(3-20-5(19)22-6)8(14,15)9(16,17)18/h1H,2-3H2/b4-1+. The Balaban J connectivity index is 3.01. The van der Waals surface area contributed by atoms with Gasteiger partial charge in [-0.05, 0) is 0 Å². The van der Waals surface area contributed by atoms with Gasteiger partial charge in [0.05, 0.1) is 6.08 Å². The molecule has 0 aromatic carbocycles. The lowest BCUT2D eigenvalue weighted by molar-refractivity contribution is -0.392. The molecule has 0 radical (unpaired) electrons. The zero-order valence-corrected chi connectivity index (χ0v) is 10.0. The van der Waals surface area contributed by atoms with E-state index in [1.54, 1.807) is 0 Å². The fourth-order valence-corrected chi connectivity index (χ4v) is 1.28. The topological polar surface area (TPSA) is 44.8 Å². The number of carbonyl (C=O) groups is 1. The Morgan fingerprint density at radius 3 is 2.09 bits per heavy atom. The molecule has 128 valence electrons. The van der Waals surface area contributed by atoms with E-state index in [0.717, 1.165) is 0 Å². The Morgan fingerprint density at radius 2 is 1.73 bits per heavy atom. The van der Waals surface area contributed by atoms with Crippen molar-refractivity contribution in [1.29, 1.82) is 0 Å². The van der Waals surface area contributed by atoms with Crippen LogP contribution in [0.3, 0.4) is 0 Å². The minimum Gasteiger partial charge on any atom is -0.427 e. The Morgan fingerprint density at radius 1 is 1.18 bits per heavy atom. The third-order valence-electron chi connectivity index (χ3n) is 2.23. The van der Waals surface area contributed by atoms with Crippen molar-refractivity contribution < 1.29 is 58.5 Å². The Bertz CT molecular complexity index is 467. The summed E-state index contributed by atoms with van der Waals surface area (Å²) >= 11 is 0. The van der Waals surface area contributed by atoms with Crippen LogP contribution in [0.1, 0.15) is 0 Å². The number of hydrogen-bond acceptors (Lipinski definition) is 4. The summed E-state index contributed by atoms with van der Waals surface area (Å²) in [6.07, 6.45) is -14.5. The van der Waals surface area contributed by atoms with Crippen LogP contribution in [0.4, 0.5) is 44.3 Å². The van der Waals surface area contributed by atoms with Crippen molar-refractivity contribution in [3.63, 3.8) is 0 Å². The fraction of sp³-hybridized carbons (Fsp3) is 0.667. The van der Waals surface area contributed by atoms with Gasteiger partial charge < -0.3 is 14.2 Å². The SMILES string of the molecule is O=C1OCC(OC/C(F)=C\C(F)(F)F)(C(F)(F)C(F)(F)F)O1. The second kappa shape index (κ2) is 5.52. The van der Waals surface area contributed by atoms with Gasteiger partial charge in [-0.25, -0.2) is 9.18 Å². The number of hydrogen-bond donors (Lipinski definition) is 0. The largest absolute Gasteiger partial charge is 0.511 e. The molecule has 0 saturated carbocycles. The molecule has 1 unspecified atom stereocenters. The predicted octanol–water partition coefficient (Wildman–Crippen LogP) is 3.48. The molecule has 4 nitrogen and oxygen atoms in total. The smallest absolute Gasteiger partial charge is 0.427 e. The van der Waals surface area contributed by atoms with Crippen molar-refractivity contribution in [2.45, 2.75) is 24.1 Å². The van der Waals surface area contributed by atoms with E-state index in [0.29, 0.717) is 0 Å². The van der Waals surface area contributed by atoms with E-state index in [-0.39, 0.29) is 0 Å². The number of halogens is 9. The molecule has 1 atom stereocenters. The van der Waals surface area contributed by atoms with Crippen molar-refractivity contribution in [2.75, 3.05) is 13.2 Å². The maximum Gasteiger partial charge on any atom is 0.511 e. The highest BCUT2D eigenvalue weighted by Gasteiger charge is 2.76.